The monoisotopic (exact) mass is 396 g/mol. The molecule has 7 nitrogen and oxygen atoms in total. The van der Waals surface area contributed by atoms with Crippen molar-refractivity contribution in [2.45, 2.75) is 62.9 Å². The van der Waals surface area contributed by atoms with Gasteiger partial charge in [0, 0.05) is 18.7 Å². The van der Waals surface area contributed by atoms with E-state index >= 15 is 0 Å². The molecule has 1 aromatic rings. The molecule has 1 fully saturated rings. The second-order valence-electron chi connectivity index (χ2n) is 7.37. The normalized spacial score (nSPS) is 17.1. The standard InChI is InChI=1S/C19H28N2O5S/c1-13(2)17(19(23)24)20-18(22)14-8-7-11-16(12-14)27(25,26)21(3)15-9-5-4-6-10-15/h7-8,11-13,15,17H,4-6,9-10H2,1-3H3,(H,20,22)(H,23,24)/t17-/m1/s1. The Hall–Kier alpha value is -1.93. The lowest BCUT2D eigenvalue weighted by Crippen LogP contribution is -2.44. The number of carbonyl (C=O) groups excluding carboxylic acids is 1. The first-order valence-electron chi connectivity index (χ1n) is 9.26. The van der Waals surface area contributed by atoms with Crippen molar-refractivity contribution in [1.29, 1.82) is 0 Å². The van der Waals surface area contributed by atoms with Gasteiger partial charge in [-0.25, -0.2) is 13.2 Å². The maximum Gasteiger partial charge on any atom is 0.326 e. The fourth-order valence-electron chi connectivity index (χ4n) is 3.34. The Morgan fingerprint density at radius 3 is 2.37 bits per heavy atom. The number of aliphatic carboxylic acids is 1. The molecule has 0 heterocycles. The first-order chi connectivity index (χ1) is 12.6. The Bertz CT molecular complexity index is 785. The van der Waals surface area contributed by atoms with E-state index in [0.717, 1.165) is 32.1 Å². The summed E-state index contributed by atoms with van der Waals surface area (Å²) in [4.78, 5) is 23.8. The van der Waals surface area contributed by atoms with E-state index in [4.69, 9.17) is 0 Å². The largest absolute Gasteiger partial charge is 0.480 e. The van der Waals surface area contributed by atoms with E-state index in [-0.39, 0.29) is 22.4 Å². The number of sulfonamides is 1. The number of nitrogens with zero attached hydrogens (tertiary/aromatic N) is 1. The highest BCUT2D eigenvalue weighted by Gasteiger charge is 2.30. The summed E-state index contributed by atoms with van der Waals surface area (Å²) < 4.78 is 27.3. The lowest BCUT2D eigenvalue weighted by molar-refractivity contribution is -0.140. The van der Waals surface area contributed by atoms with Crippen molar-refractivity contribution in [3.05, 3.63) is 29.8 Å². The van der Waals surface area contributed by atoms with Gasteiger partial charge in [-0.05, 0) is 37.0 Å². The van der Waals surface area contributed by atoms with Crippen LogP contribution in [0.4, 0.5) is 0 Å². The summed E-state index contributed by atoms with van der Waals surface area (Å²) in [5, 5.41) is 11.7. The van der Waals surface area contributed by atoms with E-state index < -0.39 is 27.9 Å². The predicted octanol–water partition coefficient (Wildman–Crippen LogP) is 2.48. The minimum Gasteiger partial charge on any atom is -0.480 e. The lowest BCUT2D eigenvalue weighted by atomic mass is 9.96. The summed E-state index contributed by atoms with van der Waals surface area (Å²) in [6, 6.07) is 4.68. The second-order valence-corrected chi connectivity index (χ2v) is 9.37. The summed E-state index contributed by atoms with van der Waals surface area (Å²) in [6.45, 7) is 3.39. The van der Waals surface area contributed by atoms with Crippen LogP contribution in [0.5, 0.6) is 0 Å². The van der Waals surface area contributed by atoms with Crippen molar-refractivity contribution in [3.8, 4) is 0 Å². The highest BCUT2D eigenvalue weighted by molar-refractivity contribution is 7.89. The topological polar surface area (TPSA) is 104 Å². The van der Waals surface area contributed by atoms with Gasteiger partial charge in [-0.3, -0.25) is 4.79 Å². The van der Waals surface area contributed by atoms with E-state index in [9.17, 15) is 23.1 Å². The number of nitrogens with one attached hydrogen (secondary N) is 1. The van der Waals surface area contributed by atoms with Crippen molar-refractivity contribution in [1.82, 2.24) is 9.62 Å². The van der Waals surface area contributed by atoms with Crippen LogP contribution in [0.1, 0.15) is 56.3 Å². The summed E-state index contributed by atoms with van der Waals surface area (Å²) in [5.41, 5.74) is 0.125. The number of hydrogen-bond acceptors (Lipinski definition) is 4. The molecular weight excluding hydrogens is 368 g/mol. The zero-order valence-corrected chi connectivity index (χ0v) is 16.8. The van der Waals surface area contributed by atoms with Gasteiger partial charge >= 0.3 is 5.97 Å². The predicted molar refractivity (Wildman–Crippen MR) is 102 cm³/mol. The van der Waals surface area contributed by atoms with Crippen molar-refractivity contribution >= 4 is 21.9 Å². The molecule has 27 heavy (non-hydrogen) atoms. The summed E-state index contributed by atoms with van der Waals surface area (Å²) in [5.74, 6) is -2.02. The molecular formula is C19H28N2O5S. The van der Waals surface area contributed by atoms with Gasteiger partial charge in [0.15, 0.2) is 0 Å². The van der Waals surface area contributed by atoms with Gasteiger partial charge in [0.25, 0.3) is 5.91 Å². The molecule has 8 heteroatoms. The van der Waals surface area contributed by atoms with Gasteiger partial charge in [0.2, 0.25) is 10.0 Å². The zero-order valence-electron chi connectivity index (χ0n) is 16.0. The number of rotatable bonds is 7. The molecule has 1 aromatic carbocycles. The Kier molecular flexibility index (Phi) is 7.00. The van der Waals surface area contributed by atoms with Gasteiger partial charge < -0.3 is 10.4 Å². The van der Waals surface area contributed by atoms with E-state index in [2.05, 4.69) is 5.32 Å². The molecule has 0 unspecified atom stereocenters. The van der Waals surface area contributed by atoms with Gasteiger partial charge in [0.1, 0.15) is 6.04 Å². The summed E-state index contributed by atoms with van der Waals surface area (Å²) >= 11 is 0. The molecule has 0 spiro atoms. The molecule has 0 aromatic heterocycles. The number of carboxylic acids is 1. The molecule has 150 valence electrons. The Morgan fingerprint density at radius 1 is 1.19 bits per heavy atom. The Balaban J connectivity index is 2.22. The van der Waals surface area contributed by atoms with Crippen LogP contribution in [0.25, 0.3) is 0 Å². The summed E-state index contributed by atoms with van der Waals surface area (Å²) in [6.07, 6.45) is 4.83. The number of carbonyl (C=O) groups is 2. The number of benzene rings is 1. The van der Waals surface area contributed by atoms with Crippen LogP contribution in [0.3, 0.4) is 0 Å². The molecule has 0 aliphatic heterocycles. The maximum atomic E-state index is 12.9. The van der Waals surface area contributed by atoms with Crippen molar-refractivity contribution in [2.24, 2.45) is 5.92 Å². The van der Waals surface area contributed by atoms with Gasteiger partial charge in [0.05, 0.1) is 4.90 Å². The Labute approximate surface area is 160 Å². The van der Waals surface area contributed by atoms with Gasteiger partial charge in [-0.2, -0.15) is 4.31 Å². The van der Waals surface area contributed by atoms with E-state index in [1.165, 1.54) is 28.6 Å². The lowest BCUT2D eigenvalue weighted by Gasteiger charge is -2.30. The molecule has 0 saturated heterocycles. The van der Waals surface area contributed by atoms with Crippen molar-refractivity contribution < 1.29 is 23.1 Å². The molecule has 1 saturated carbocycles. The number of carboxylic acid groups (broad SMARTS) is 1. The molecule has 0 radical (unpaired) electrons. The van der Waals surface area contributed by atoms with Crippen LogP contribution in [0.15, 0.2) is 29.2 Å². The third kappa shape index (κ3) is 5.07. The molecule has 0 bridgehead atoms. The van der Waals surface area contributed by atoms with Crippen LogP contribution < -0.4 is 5.32 Å². The van der Waals surface area contributed by atoms with Crippen molar-refractivity contribution in [3.63, 3.8) is 0 Å². The van der Waals surface area contributed by atoms with Crippen molar-refractivity contribution in [2.75, 3.05) is 7.05 Å². The molecule has 2 rings (SSSR count). The third-order valence-corrected chi connectivity index (χ3v) is 6.99. The smallest absolute Gasteiger partial charge is 0.326 e. The average Bonchev–Trinajstić information content (AvgIpc) is 2.65. The molecule has 1 aliphatic rings. The third-order valence-electron chi connectivity index (χ3n) is 5.08. The van der Waals surface area contributed by atoms with Crippen LogP contribution in [0, 0.1) is 5.92 Å². The molecule has 1 amide bonds. The summed E-state index contributed by atoms with van der Waals surface area (Å²) in [7, 11) is -2.14. The average molecular weight is 397 g/mol. The first-order valence-corrected chi connectivity index (χ1v) is 10.7. The highest BCUT2D eigenvalue weighted by Crippen LogP contribution is 2.26. The van der Waals surface area contributed by atoms with Gasteiger partial charge in [-0.1, -0.05) is 39.2 Å². The molecule has 1 aliphatic carbocycles. The maximum absolute atomic E-state index is 12.9. The Morgan fingerprint density at radius 2 is 1.81 bits per heavy atom. The minimum absolute atomic E-state index is 0.0291. The quantitative estimate of drug-likeness (QED) is 0.737. The van der Waals surface area contributed by atoms with E-state index in [1.807, 2.05) is 0 Å². The van der Waals surface area contributed by atoms with E-state index in [0.29, 0.717) is 0 Å². The van der Waals surface area contributed by atoms with Crippen LogP contribution in [0.2, 0.25) is 0 Å². The number of amides is 1. The van der Waals surface area contributed by atoms with Crippen LogP contribution in [-0.2, 0) is 14.8 Å². The van der Waals surface area contributed by atoms with Crippen LogP contribution >= 0.6 is 0 Å². The highest BCUT2D eigenvalue weighted by atomic mass is 32.2. The zero-order chi connectivity index (χ0) is 20.2. The number of hydrogen-bond donors (Lipinski definition) is 2. The molecule has 2 N–H and O–H groups in total. The second kappa shape index (κ2) is 8.84. The van der Waals surface area contributed by atoms with Crippen LogP contribution in [-0.4, -0.2) is 48.8 Å². The minimum atomic E-state index is -3.72. The molecule has 1 atom stereocenters. The van der Waals surface area contributed by atoms with E-state index in [1.54, 1.807) is 20.9 Å². The fraction of sp³-hybridized carbons (Fsp3) is 0.579. The SMILES string of the molecule is CC(C)[C@@H](NC(=O)c1cccc(S(=O)(=O)N(C)C2CCCCC2)c1)C(=O)O. The van der Waals surface area contributed by atoms with Gasteiger partial charge in [-0.15, -0.1) is 0 Å². The fourth-order valence-corrected chi connectivity index (χ4v) is 4.81. The first kappa shape index (κ1) is 21.4.